The lowest BCUT2D eigenvalue weighted by Gasteiger charge is -2.38. The van der Waals surface area contributed by atoms with Crippen molar-refractivity contribution < 1.29 is 13.2 Å². The number of halogens is 3. The van der Waals surface area contributed by atoms with Crippen molar-refractivity contribution in [2.24, 2.45) is 17.8 Å². The summed E-state index contributed by atoms with van der Waals surface area (Å²) >= 11 is 0. The predicted molar refractivity (Wildman–Crippen MR) is 62.9 cm³/mol. The van der Waals surface area contributed by atoms with E-state index in [4.69, 9.17) is 0 Å². The third-order valence-corrected chi connectivity index (χ3v) is 4.77. The molecule has 0 radical (unpaired) electrons. The second-order valence-corrected chi connectivity index (χ2v) is 5.96. The van der Waals surface area contributed by atoms with Crippen LogP contribution < -0.4 is 0 Å². The Kier molecular flexibility index (Phi) is 4.37. The molecule has 0 nitrogen and oxygen atoms in total. The van der Waals surface area contributed by atoms with Crippen molar-refractivity contribution in [1.82, 2.24) is 0 Å². The molecule has 0 aromatic rings. The van der Waals surface area contributed by atoms with E-state index in [2.05, 4.69) is 0 Å². The molecule has 100 valence electrons. The zero-order valence-corrected chi connectivity index (χ0v) is 10.4. The molecule has 2 aliphatic carbocycles. The van der Waals surface area contributed by atoms with Crippen LogP contribution >= 0.6 is 0 Å². The third-order valence-electron chi connectivity index (χ3n) is 4.77. The first-order chi connectivity index (χ1) is 8.11. The van der Waals surface area contributed by atoms with Crippen LogP contribution in [0, 0.1) is 17.8 Å². The van der Waals surface area contributed by atoms with Crippen molar-refractivity contribution in [3.05, 3.63) is 0 Å². The SMILES string of the molecule is FCC[C@H]1CCCC(C2CCC(F)(F)CC2)C1. The molecule has 0 heterocycles. The second kappa shape index (κ2) is 5.62. The molecular weight excluding hydrogens is 225 g/mol. The molecule has 2 atom stereocenters. The van der Waals surface area contributed by atoms with Crippen LogP contribution in [0.3, 0.4) is 0 Å². The molecule has 0 saturated heterocycles. The van der Waals surface area contributed by atoms with Gasteiger partial charge in [-0.05, 0) is 43.4 Å². The maximum atomic E-state index is 13.1. The molecule has 0 aromatic carbocycles. The van der Waals surface area contributed by atoms with E-state index in [0.717, 1.165) is 12.8 Å². The van der Waals surface area contributed by atoms with Gasteiger partial charge in [-0.15, -0.1) is 0 Å². The number of hydrogen-bond donors (Lipinski definition) is 0. The molecule has 17 heavy (non-hydrogen) atoms. The summed E-state index contributed by atoms with van der Waals surface area (Å²) in [5, 5.41) is 0. The summed E-state index contributed by atoms with van der Waals surface area (Å²) in [6.45, 7) is -0.222. The van der Waals surface area contributed by atoms with E-state index in [1.807, 2.05) is 0 Å². The van der Waals surface area contributed by atoms with Gasteiger partial charge in [0.1, 0.15) is 0 Å². The molecule has 2 saturated carbocycles. The van der Waals surface area contributed by atoms with Crippen molar-refractivity contribution in [3.8, 4) is 0 Å². The van der Waals surface area contributed by atoms with Gasteiger partial charge in [0.15, 0.2) is 0 Å². The number of hydrogen-bond acceptors (Lipinski definition) is 0. The van der Waals surface area contributed by atoms with Crippen molar-refractivity contribution in [2.45, 2.75) is 63.7 Å². The van der Waals surface area contributed by atoms with Crippen molar-refractivity contribution in [3.63, 3.8) is 0 Å². The van der Waals surface area contributed by atoms with Crippen molar-refractivity contribution in [1.29, 1.82) is 0 Å². The monoisotopic (exact) mass is 248 g/mol. The Hall–Kier alpha value is -0.210. The maximum absolute atomic E-state index is 13.1. The highest BCUT2D eigenvalue weighted by atomic mass is 19.3. The van der Waals surface area contributed by atoms with Crippen molar-refractivity contribution in [2.75, 3.05) is 6.67 Å². The molecule has 0 bridgehead atoms. The van der Waals surface area contributed by atoms with Crippen LogP contribution in [0.5, 0.6) is 0 Å². The fourth-order valence-corrected chi connectivity index (χ4v) is 3.71. The van der Waals surface area contributed by atoms with Gasteiger partial charge in [-0.1, -0.05) is 19.3 Å². The maximum Gasteiger partial charge on any atom is 0.248 e. The topological polar surface area (TPSA) is 0 Å². The van der Waals surface area contributed by atoms with Crippen LogP contribution in [0.25, 0.3) is 0 Å². The summed E-state index contributed by atoms with van der Waals surface area (Å²) in [6, 6.07) is 0. The van der Waals surface area contributed by atoms with Gasteiger partial charge < -0.3 is 0 Å². The predicted octanol–water partition coefficient (Wildman–Crippen LogP) is 4.98. The molecule has 2 aliphatic rings. The van der Waals surface area contributed by atoms with E-state index < -0.39 is 5.92 Å². The zero-order valence-electron chi connectivity index (χ0n) is 10.4. The summed E-state index contributed by atoms with van der Waals surface area (Å²) < 4.78 is 38.5. The fraction of sp³-hybridized carbons (Fsp3) is 1.00. The molecule has 1 unspecified atom stereocenters. The molecule has 0 aromatic heterocycles. The molecular formula is C14H23F3. The molecule has 0 spiro atoms. The van der Waals surface area contributed by atoms with Gasteiger partial charge in [0.05, 0.1) is 6.67 Å². The standard InChI is InChI=1S/C14H23F3/c15-9-6-11-2-1-3-13(10-11)12-4-7-14(16,17)8-5-12/h11-13H,1-10H2/t11-,13?/m1/s1. The Balaban J connectivity index is 1.82. The van der Waals surface area contributed by atoms with Crippen LogP contribution in [0.15, 0.2) is 0 Å². The van der Waals surface area contributed by atoms with Crippen LogP contribution in [-0.4, -0.2) is 12.6 Å². The van der Waals surface area contributed by atoms with E-state index in [1.165, 1.54) is 12.8 Å². The number of rotatable bonds is 3. The Morgan fingerprint density at radius 3 is 2.29 bits per heavy atom. The summed E-state index contributed by atoms with van der Waals surface area (Å²) in [6.07, 6.45) is 6.76. The smallest absolute Gasteiger partial charge is 0.248 e. The summed E-state index contributed by atoms with van der Waals surface area (Å²) in [7, 11) is 0. The Labute approximate surface area is 102 Å². The summed E-state index contributed by atoms with van der Waals surface area (Å²) in [4.78, 5) is 0. The molecule has 0 N–H and O–H groups in total. The lowest BCUT2D eigenvalue weighted by molar-refractivity contribution is -0.0556. The zero-order chi connectivity index (χ0) is 12.3. The summed E-state index contributed by atoms with van der Waals surface area (Å²) in [5.41, 5.74) is 0. The lowest BCUT2D eigenvalue weighted by atomic mass is 9.69. The van der Waals surface area contributed by atoms with E-state index in [-0.39, 0.29) is 19.5 Å². The highest BCUT2D eigenvalue weighted by Gasteiger charge is 2.38. The minimum atomic E-state index is -2.41. The first-order valence-electron chi connectivity index (χ1n) is 7.04. The van der Waals surface area contributed by atoms with Crippen molar-refractivity contribution >= 4 is 0 Å². The van der Waals surface area contributed by atoms with Gasteiger partial charge in [-0.25, -0.2) is 8.78 Å². The first kappa shape index (κ1) is 13.2. The highest BCUT2D eigenvalue weighted by molar-refractivity contribution is 4.84. The van der Waals surface area contributed by atoms with Gasteiger partial charge in [0, 0.05) is 12.8 Å². The van der Waals surface area contributed by atoms with Gasteiger partial charge >= 0.3 is 0 Å². The van der Waals surface area contributed by atoms with Crippen LogP contribution in [0.1, 0.15) is 57.8 Å². The summed E-state index contributed by atoms with van der Waals surface area (Å²) in [5.74, 6) is -0.821. The average Bonchev–Trinajstić information content (AvgIpc) is 2.30. The first-order valence-corrected chi connectivity index (χ1v) is 7.04. The molecule has 0 aliphatic heterocycles. The Bertz CT molecular complexity index is 228. The largest absolute Gasteiger partial charge is 0.251 e. The molecule has 3 heteroatoms. The van der Waals surface area contributed by atoms with Gasteiger partial charge in [0.25, 0.3) is 0 Å². The lowest BCUT2D eigenvalue weighted by Crippen LogP contribution is -2.31. The fourth-order valence-electron chi connectivity index (χ4n) is 3.71. The van der Waals surface area contributed by atoms with E-state index in [0.29, 0.717) is 37.0 Å². The van der Waals surface area contributed by atoms with Gasteiger partial charge in [-0.3, -0.25) is 4.39 Å². The van der Waals surface area contributed by atoms with E-state index >= 15 is 0 Å². The quantitative estimate of drug-likeness (QED) is 0.661. The Morgan fingerprint density at radius 1 is 0.941 bits per heavy atom. The molecule has 2 fully saturated rings. The normalized spacial score (nSPS) is 34.8. The molecule has 0 amide bonds. The van der Waals surface area contributed by atoms with Crippen LogP contribution in [-0.2, 0) is 0 Å². The van der Waals surface area contributed by atoms with E-state index in [9.17, 15) is 13.2 Å². The Morgan fingerprint density at radius 2 is 1.65 bits per heavy atom. The van der Waals surface area contributed by atoms with Crippen LogP contribution in [0.2, 0.25) is 0 Å². The van der Waals surface area contributed by atoms with Gasteiger partial charge in [0.2, 0.25) is 5.92 Å². The van der Waals surface area contributed by atoms with Crippen LogP contribution in [0.4, 0.5) is 13.2 Å². The number of alkyl halides is 3. The van der Waals surface area contributed by atoms with Gasteiger partial charge in [-0.2, -0.15) is 0 Å². The minimum absolute atomic E-state index is 0.0714. The average molecular weight is 248 g/mol. The second-order valence-electron chi connectivity index (χ2n) is 5.96. The molecule has 2 rings (SSSR count). The third kappa shape index (κ3) is 3.62. The highest BCUT2D eigenvalue weighted by Crippen LogP contribution is 2.44. The van der Waals surface area contributed by atoms with E-state index in [1.54, 1.807) is 0 Å². The minimum Gasteiger partial charge on any atom is -0.251 e.